The highest BCUT2D eigenvalue weighted by atomic mass is 15.1. The van der Waals surface area contributed by atoms with Crippen LogP contribution in [0.3, 0.4) is 0 Å². The van der Waals surface area contributed by atoms with Crippen LogP contribution in [0.2, 0.25) is 0 Å². The van der Waals surface area contributed by atoms with Gasteiger partial charge in [0.25, 0.3) is 0 Å². The van der Waals surface area contributed by atoms with Gasteiger partial charge in [-0.2, -0.15) is 0 Å². The van der Waals surface area contributed by atoms with Gasteiger partial charge in [-0.25, -0.2) is 4.98 Å². The van der Waals surface area contributed by atoms with E-state index in [0.717, 1.165) is 33.4 Å². The molecule has 4 heterocycles. The molecule has 0 amide bonds. The van der Waals surface area contributed by atoms with Gasteiger partial charge in [0.2, 0.25) is 0 Å². The molecule has 4 heteroatoms. The van der Waals surface area contributed by atoms with Gasteiger partial charge in [0.1, 0.15) is 5.82 Å². The minimum absolute atomic E-state index is 0.915. The molecule has 4 aromatic heterocycles. The summed E-state index contributed by atoms with van der Waals surface area (Å²) in [5, 5.41) is 9.85. The molecule has 1 aliphatic carbocycles. The van der Waals surface area contributed by atoms with Crippen LogP contribution >= 0.6 is 0 Å². The molecule has 0 radical (unpaired) electrons. The van der Waals surface area contributed by atoms with Gasteiger partial charge in [-0.3, -0.25) is 9.55 Å². The summed E-state index contributed by atoms with van der Waals surface area (Å²) in [6.07, 6.45) is 5.95. The van der Waals surface area contributed by atoms with Crippen molar-refractivity contribution in [3.63, 3.8) is 0 Å². The van der Waals surface area contributed by atoms with Gasteiger partial charge in [-0.05, 0) is 76.2 Å². The van der Waals surface area contributed by atoms with Crippen molar-refractivity contribution in [2.24, 2.45) is 0 Å². The number of fused-ring (bicyclic) bond motifs is 11. The maximum Gasteiger partial charge on any atom is 0.138 e. The fourth-order valence-electron chi connectivity index (χ4n) is 8.87. The van der Waals surface area contributed by atoms with E-state index in [-0.39, 0.29) is 0 Å². The fourth-order valence-corrected chi connectivity index (χ4v) is 8.87. The summed E-state index contributed by atoms with van der Waals surface area (Å²) in [5.41, 5.74) is 13.0. The molecule has 0 atom stereocenters. The lowest BCUT2D eigenvalue weighted by Crippen LogP contribution is -1.98. The van der Waals surface area contributed by atoms with Crippen molar-refractivity contribution in [2.75, 3.05) is 0 Å². The molecule has 0 bridgehead atoms. The molecular weight excluding hydrogens is 633 g/mol. The molecule has 52 heavy (non-hydrogen) atoms. The van der Waals surface area contributed by atoms with Gasteiger partial charge >= 0.3 is 0 Å². The van der Waals surface area contributed by atoms with Gasteiger partial charge in [-0.1, -0.05) is 103 Å². The highest BCUT2D eigenvalue weighted by Crippen LogP contribution is 2.47. The number of hydrogen-bond acceptors (Lipinski definition) is 2. The third-order valence-corrected chi connectivity index (χ3v) is 11.2. The number of pyridine rings is 2. The normalized spacial score (nSPS) is 12.2. The van der Waals surface area contributed by atoms with Crippen LogP contribution in [0.15, 0.2) is 170 Å². The largest absolute Gasteiger partial charge is 0.309 e. The van der Waals surface area contributed by atoms with E-state index in [1.54, 1.807) is 0 Å². The van der Waals surface area contributed by atoms with Crippen LogP contribution in [0.25, 0.3) is 110 Å². The first-order valence-corrected chi connectivity index (χ1v) is 17.7. The van der Waals surface area contributed by atoms with Gasteiger partial charge < -0.3 is 4.57 Å². The Bertz CT molecular complexity index is 3290. The SMILES string of the molecule is c1ccc(-n2c3ccc(-c4ccc5c(c4)c4ccccc4n5-c4cc5c(cn4)-c4cncc6cccc-5c46)cc3c3ccc4ccccc4c32)cc1. The zero-order chi connectivity index (χ0) is 33.9. The molecule has 12 rings (SSSR count). The standard InChI is InChI=1S/C48H28N4/c1-2-11-33(12-3-1)51-44-21-18-31(24-40(44)37-20-17-29-9-4-5-13-34(29)48(37)51)30-19-22-45-39(23-30)35-14-6-7-16-43(35)52(45)46-25-38-36-15-8-10-32-26-49-27-42(47(32)36)41(38)28-50-46/h1-28H. The summed E-state index contributed by atoms with van der Waals surface area (Å²) in [4.78, 5) is 9.62. The van der Waals surface area contributed by atoms with Crippen molar-refractivity contribution < 1.29 is 0 Å². The molecular formula is C48H28N4. The predicted molar refractivity (Wildman–Crippen MR) is 216 cm³/mol. The van der Waals surface area contributed by atoms with Crippen molar-refractivity contribution in [3.8, 4) is 44.9 Å². The molecule has 240 valence electrons. The van der Waals surface area contributed by atoms with Crippen LogP contribution in [0, 0.1) is 0 Å². The highest BCUT2D eigenvalue weighted by Gasteiger charge is 2.24. The first kappa shape index (κ1) is 27.7. The lowest BCUT2D eigenvalue weighted by molar-refractivity contribution is 1.08. The Hall–Kier alpha value is -7.04. The Morgan fingerprint density at radius 1 is 0.385 bits per heavy atom. The number of benzene rings is 7. The minimum atomic E-state index is 0.915. The molecule has 0 aliphatic heterocycles. The molecule has 0 spiro atoms. The maximum atomic E-state index is 5.09. The Balaban J connectivity index is 1.06. The second-order valence-electron chi connectivity index (χ2n) is 13.8. The monoisotopic (exact) mass is 660 g/mol. The molecule has 1 aliphatic rings. The Morgan fingerprint density at radius 2 is 1.10 bits per heavy atom. The van der Waals surface area contributed by atoms with E-state index in [0.29, 0.717) is 0 Å². The van der Waals surface area contributed by atoms with Gasteiger partial charge in [0, 0.05) is 73.1 Å². The highest BCUT2D eigenvalue weighted by molar-refractivity contribution is 6.20. The average molecular weight is 661 g/mol. The number of hydrogen-bond donors (Lipinski definition) is 0. The molecule has 4 nitrogen and oxygen atoms in total. The Kier molecular flexibility index (Phi) is 5.47. The van der Waals surface area contributed by atoms with Crippen LogP contribution in [-0.4, -0.2) is 19.1 Å². The lowest BCUT2D eigenvalue weighted by Gasteiger charge is -2.10. The second-order valence-corrected chi connectivity index (χ2v) is 13.8. The zero-order valence-electron chi connectivity index (χ0n) is 28.0. The summed E-state index contributed by atoms with van der Waals surface area (Å²) in [5.74, 6) is 0.915. The predicted octanol–water partition coefficient (Wildman–Crippen LogP) is 12.3. The summed E-state index contributed by atoms with van der Waals surface area (Å²) < 4.78 is 4.74. The van der Waals surface area contributed by atoms with Crippen LogP contribution in [0.1, 0.15) is 0 Å². The third kappa shape index (κ3) is 3.70. The number of para-hydroxylation sites is 2. The van der Waals surface area contributed by atoms with Gasteiger partial charge in [0.05, 0.1) is 22.1 Å². The zero-order valence-corrected chi connectivity index (χ0v) is 28.0. The summed E-state index contributed by atoms with van der Waals surface area (Å²) in [7, 11) is 0. The van der Waals surface area contributed by atoms with E-state index in [9.17, 15) is 0 Å². The van der Waals surface area contributed by atoms with Crippen molar-refractivity contribution in [3.05, 3.63) is 170 Å². The summed E-state index contributed by atoms with van der Waals surface area (Å²) in [6, 6.07) is 55.2. The average Bonchev–Trinajstić information content (AvgIpc) is 3.84. The van der Waals surface area contributed by atoms with Crippen molar-refractivity contribution in [1.82, 2.24) is 19.1 Å². The topological polar surface area (TPSA) is 35.6 Å². The van der Waals surface area contributed by atoms with Crippen LogP contribution < -0.4 is 0 Å². The van der Waals surface area contributed by atoms with Crippen LogP contribution in [0.4, 0.5) is 0 Å². The van der Waals surface area contributed by atoms with E-state index in [1.807, 2.05) is 18.6 Å². The molecule has 0 fully saturated rings. The second kappa shape index (κ2) is 10.3. The van der Waals surface area contributed by atoms with E-state index >= 15 is 0 Å². The van der Waals surface area contributed by atoms with E-state index in [4.69, 9.17) is 4.98 Å². The lowest BCUT2D eigenvalue weighted by atomic mass is 10.00. The third-order valence-electron chi connectivity index (χ3n) is 11.2. The van der Waals surface area contributed by atoms with Gasteiger partial charge in [-0.15, -0.1) is 0 Å². The Morgan fingerprint density at radius 3 is 1.96 bits per heavy atom. The summed E-state index contributed by atoms with van der Waals surface area (Å²) >= 11 is 0. The molecule has 11 aromatic rings. The van der Waals surface area contributed by atoms with Crippen molar-refractivity contribution in [2.45, 2.75) is 0 Å². The van der Waals surface area contributed by atoms with E-state index in [2.05, 4.69) is 166 Å². The Labute approximate surface area is 298 Å². The van der Waals surface area contributed by atoms with Crippen molar-refractivity contribution in [1.29, 1.82) is 0 Å². The number of aromatic nitrogens is 4. The van der Waals surface area contributed by atoms with Gasteiger partial charge in [0.15, 0.2) is 0 Å². The fraction of sp³-hybridized carbons (Fsp3) is 0. The molecule has 0 N–H and O–H groups in total. The van der Waals surface area contributed by atoms with Crippen LogP contribution in [0.5, 0.6) is 0 Å². The van der Waals surface area contributed by atoms with E-state index in [1.165, 1.54) is 76.7 Å². The minimum Gasteiger partial charge on any atom is -0.309 e. The quantitative estimate of drug-likeness (QED) is 0.189. The first-order chi connectivity index (χ1) is 25.8. The number of nitrogens with zero attached hydrogens (tertiary/aromatic N) is 4. The smallest absolute Gasteiger partial charge is 0.138 e. The number of rotatable bonds is 3. The van der Waals surface area contributed by atoms with E-state index < -0.39 is 0 Å². The molecule has 0 unspecified atom stereocenters. The summed E-state index contributed by atoms with van der Waals surface area (Å²) in [6.45, 7) is 0. The first-order valence-electron chi connectivity index (χ1n) is 17.7. The molecule has 0 saturated heterocycles. The maximum absolute atomic E-state index is 5.09. The molecule has 0 saturated carbocycles. The molecule has 7 aromatic carbocycles. The van der Waals surface area contributed by atoms with Crippen molar-refractivity contribution >= 4 is 65.2 Å². The van der Waals surface area contributed by atoms with Crippen LogP contribution in [-0.2, 0) is 0 Å².